The number of aryl methyl sites for hydroxylation is 2. The maximum atomic E-state index is 13.6. The third-order valence-corrected chi connectivity index (χ3v) is 6.44. The number of hydrogen-bond donors (Lipinski definition) is 0. The zero-order valence-corrected chi connectivity index (χ0v) is 21.3. The fourth-order valence-electron chi connectivity index (χ4n) is 4.09. The Balaban J connectivity index is 1.55. The maximum absolute atomic E-state index is 13.6. The first-order valence-electron chi connectivity index (χ1n) is 11.2. The molecule has 2 aromatic carbocycles. The van der Waals surface area contributed by atoms with E-state index in [1.165, 1.54) is 4.40 Å². The minimum absolute atomic E-state index is 0.203. The van der Waals surface area contributed by atoms with Crippen LogP contribution in [0, 0.1) is 13.8 Å². The molecular weight excluding hydrogens is 499 g/mol. The summed E-state index contributed by atoms with van der Waals surface area (Å²) in [4.78, 5) is 18.3. The van der Waals surface area contributed by atoms with Crippen molar-refractivity contribution < 1.29 is 9.47 Å². The van der Waals surface area contributed by atoms with Gasteiger partial charge in [0.05, 0.1) is 18.4 Å². The number of aromatic nitrogens is 4. The zero-order chi connectivity index (χ0) is 25.4. The number of fused-ring (bicyclic) bond motifs is 1. The van der Waals surface area contributed by atoms with E-state index < -0.39 is 0 Å². The Kier molecular flexibility index (Phi) is 6.43. The van der Waals surface area contributed by atoms with Crippen molar-refractivity contribution in [1.29, 1.82) is 0 Å². The van der Waals surface area contributed by atoms with Crippen LogP contribution in [0.3, 0.4) is 0 Å². The highest BCUT2D eigenvalue weighted by molar-refractivity contribution is 6.35. The van der Waals surface area contributed by atoms with Gasteiger partial charge in [0.15, 0.2) is 11.4 Å². The number of methoxy groups -OCH3 is 1. The molecular formula is C27H22Cl2N4O3. The fraction of sp³-hybridized carbons (Fsp3) is 0.148. The Labute approximate surface area is 217 Å². The molecule has 0 N–H and O–H groups in total. The molecule has 5 rings (SSSR count). The van der Waals surface area contributed by atoms with Crippen molar-refractivity contribution in [3.8, 4) is 28.4 Å². The van der Waals surface area contributed by atoms with Gasteiger partial charge in [-0.05, 0) is 56.3 Å². The normalized spacial score (nSPS) is 11.1. The van der Waals surface area contributed by atoms with E-state index in [2.05, 4.69) is 0 Å². The number of halogens is 2. The summed E-state index contributed by atoms with van der Waals surface area (Å²) in [5.74, 6) is 1.15. The van der Waals surface area contributed by atoms with E-state index >= 15 is 0 Å². The van der Waals surface area contributed by atoms with Crippen molar-refractivity contribution in [2.45, 2.75) is 20.5 Å². The number of benzene rings is 2. The number of para-hydroxylation sites is 2. The van der Waals surface area contributed by atoms with E-state index in [4.69, 9.17) is 42.8 Å². The third-order valence-electron chi connectivity index (χ3n) is 5.85. The summed E-state index contributed by atoms with van der Waals surface area (Å²) in [5.41, 5.74) is 4.08. The molecule has 3 heterocycles. The second-order valence-electron chi connectivity index (χ2n) is 8.22. The summed E-state index contributed by atoms with van der Waals surface area (Å²) < 4.78 is 14.7. The van der Waals surface area contributed by atoms with Gasteiger partial charge in [-0.25, -0.2) is 9.67 Å². The first-order valence-corrected chi connectivity index (χ1v) is 11.9. The van der Waals surface area contributed by atoms with Gasteiger partial charge in [0.25, 0.3) is 5.56 Å². The number of rotatable bonds is 6. The molecule has 0 saturated heterocycles. The molecule has 0 fully saturated rings. The lowest BCUT2D eigenvalue weighted by Crippen LogP contribution is -2.19. The van der Waals surface area contributed by atoms with Crippen LogP contribution in [0.4, 0.5) is 0 Å². The smallest absolute Gasteiger partial charge is 0.267 e. The monoisotopic (exact) mass is 520 g/mol. The maximum Gasteiger partial charge on any atom is 0.267 e. The molecule has 0 aliphatic rings. The van der Waals surface area contributed by atoms with E-state index in [0.717, 1.165) is 16.9 Å². The number of ether oxygens (including phenoxy) is 2. The Bertz CT molecular complexity index is 1660. The van der Waals surface area contributed by atoms with E-state index in [1.54, 1.807) is 55.2 Å². The minimum atomic E-state index is -0.239. The van der Waals surface area contributed by atoms with Gasteiger partial charge in [-0.15, -0.1) is 0 Å². The molecule has 0 aliphatic heterocycles. The molecule has 5 aromatic rings. The van der Waals surface area contributed by atoms with Gasteiger partial charge >= 0.3 is 0 Å². The topological polar surface area (TPSA) is 70.7 Å². The van der Waals surface area contributed by atoms with Crippen LogP contribution in [0.2, 0.25) is 10.0 Å². The summed E-state index contributed by atoms with van der Waals surface area (Å²) >= 11 is 12.3. The third kappa shape index (κ3) is 4.32. The molecule has 0 spiro atoms. The molecule has 36 heavy (non-hydrogen) atoms. The van der Waals surface area contributed by atoms with Gasteiger partial charge < -0.3 is 9.47 Å². The molecule has 0 bridgehead atoms. The molecule has 0 saturated carbocycles. The average Bonchev–Trinajstić information content (AvgIpc) is 3.24. The molecule has 7 nitrogen and oxygen atoms in total. The summed E-state index contributed by atoms with van der Waals surface area (Å²) in [7, 11) is 1.61. The lowest BCUT2D eigenvalue weighted by atomic mass is 10.1. The van der Waals surface area contributed by atoms with E-state index in [0.29, 0.717) is 44.1 Å². The molecule has 182 valence electrons. The van der Waals surface area contributed by atoms with Gasteiger partial charge in [-0.2, -0.15) is 5.10 Å². The van der Waals surface area contributed by atoms with Crippen molar-refractivity contribution in [3.05, 3.63) is 104 Å². The van der Waals surface area contributed by atoms with Crippen molar-refractivity contribution >= 4 is 28.8 Å². The molecule has 0 unspecified atom stereocenters. The number of nitrogens with zero attached hydrogens (tertiary/aromatic N) is 4. The SMILES string of the molecule is COc1ccccc1-n1nc(-c2c(C)nc3c(OCc4ccc(Cl)cc4Cl)cccn3c2=O)cc1C. The summed E-state index contributed by atoms with van der Waals surface area (Å²) in [5, 5.41) is 5.79. The first-order chi connectivity index (χ1) is 17.4. The van der Waals surface area contributed by atoms with Crippen LogP contribution in [0.1, 0.15) is 17.0 Å². The summed E-state index contributed by atoms with van der Waals surface area (Å²) in [6.45, 7) is 3.92. The molecule has 0 amide bonds. The lowest BCUT2D eigenvalue weighted by molar-refractivity contribution is 0.308. The van der Waals surface area contributed by atoms with Crippen LogP contribution in [0.5, 0.6) is 11.5 Å². The lowest BCUT2D eigenvalue weighted by Gasteiger charge is -2.12. The van der Waals surface area contributed by atoms with Crippen molar-refractivity contribution in [1.82, 2.24) is 19.2 Å². The zero-order valence-electron chi connectivity index (χ0n) is 19.8. The minimum Gasteiger partial charge on any atom is -0.494 e. The Morgan fingerprint density at radius 3 is 2.53 bits per heavy atom. The van der Waals surface area contributed by atoms with Crippen LogP contribution in [0.15, 0.2) is 71.7 Å². The standard InChI is InChI=1S/C27H22Cl2N4O3/c1-16-13-21(31-33(16)22-7-4-5-8-23(22)35-3)25-17(2)30-26-24(9-6-12-32(26)27(25)34)36-15-18-10-11-19(28)14-20(18)29/h4-14H,15H2,1-3H3. The highest BCUT2D eigenvalue weighted by atomic mass is 35.5. The van der Waals surface area contributed by atoms with Gasteiger partial charge in [-0.1, -0.05) is 41.4 Å². The fourth-order valence-corrected chi connectivity index (χ4v) is 4.55. The van der Waals surface area contributed by atoms with Crippen molar-refractivity contribution in [2.24, 2.45) is 0 Å². The quantitative estimate of drug-likeness (QED) is 0.272. The Morgan fingerprint density at radius 1 is 0.972 bits per heavy atom. The number of hydrogen-bond acceptors (Lipinski definition) is 5. The predicted molar refractivity (Wildman–Crippen MR) is 141 cm³/mol. The predicted octanol–water partition coefficient (Wildman–Crippen LogP) is 6.06. The van der Waals surface area contributed by atoms with Crippen molar-refractivity contribution in [2.75, 3.05) is 7.11 Å². The second kappa shape index (κ2) is 9.68. The van der Waals surface area contributed by atoms with Crippen LogP contribution in [-0.2, 0) is 6.61 Å². The van der Waals surface area contributed by atoms with Gasteiger partial charge in [0, 0.05) is 27.5 Å². The summed E-state index contributed by atoms with van der Waals surface area (Å²) in [6.07, 6.45) is 1.67. The van der Waals surface area contributed by atoms with E-state index in [-0.39, 0.29) is 12.2 Å². The molecule has 9 heteroatoms. The van der Waals surface area contributed by atoms with E-state index in [9.17, 15) is 4.79 Å². The molecule has 3 aromatic heterocycles. The van der Waals surface area contributed by atoms with Crippen LogP contribution >= 0.6 is 23.2 Å². The van der Waals surface area contributed by atoms with Crippen molar-refractivity contribution in [3.63, 3.8) is 0 Å². The highest BCUT2D eigenvalue weighted by Crippen LogP contribution is 2.28. The molecule has 0 radical (unpaired) electrons. The highest BCUT2D eigenvalue weighted by Gasteiger charge is 2.19. The van der Waals surface area contributed by atoms with Crippen LogP contribution in [-0.4, -0.2) is 26.3 Å². The van der Waals surface area contributed by atoms with Gasteiger partial charge in [0.1, 0.15) is 23.7 Å². The Morgan fingerprint density at radius 2 is 1.75 bits per heavy atom. The number of pyridine rings is 1. The Hall–Kier alpha value is -3.81. The molecule has 0 atom stereocenters. The van der Waals surface area contributed by atoms with Gasteiger partial charge in [-0.3, -0.25) is 9.20 Å². The first kappa shape index (κ1) is 23.9. The average molecular weight is 521 g/mol. The largest absolute Gasteiger partial charge is 0.494 e. The molecule has 0 aliphatic carbocycles. The van der Waals surface area contributed by atoms with Crippen LogP contribution in [0.25, 0.3) is 22.6 Å². The van der Waals surface area contributed by atoms with E-state index in [1.807, 2.05) is 37.3 Å². The summed E-state index contributed by atoms with van der Waals surface area (Å²) in [6, 6.07) is 18.2. The van der Waals surface area contributed by atoms with Crippen LogP contribution < -0.4 is 15.0 Å². The van der Waals surface area contributed by atoms with Gasteiger partial charge in [0.2, 0.25) is 0 Å². The second-order valence-corrected chi connectivity index (χ2v) is 9.07.